The van der Waals surface area contributed by atoms with E-state index in [1.807, 2.05) is 37.3 Å². The molecule has 0 radical (unpaired) electrons. The molecule has 0 spiro atoms. The molecule has 0 amide bonds. The standard InChI is InChI=1S/C15H13BrN2O2/c1-10-5-4-6-11(9-10)14(17)18-20-15(19)12-7-2-3-8-13(12)16/h2-9H,1H3,(H2,17,18)/p+1. The summed E-state index contributed by atoms with van der Waals surface area (Å²) in [5, 5.41) is 2.48. The van der Waals surface area contributed by atoms with E-state index in [1.165, 1.54) is 0 Å². The van der Waals surface area contributed by atoms with Gasteiger partial charge in [-0.05, 0) is 47.1 Å². The van der Waals surface area contributed by atoms with Gasteiger partial charge in [0.25, 0.3) is 0 Å². The van der Waals surface area contributed by atoms with Crippen LogP contribution in [0.15, 0.2) is 53.0 Å². The lowest BCUT2D eigenvalue weighted by molar-refractivity contribution is -0.721. The average molecular weight is 334 g/mol. The van der Waals surface area contributed by atoms with Gasteiger partial charge in [-0.15, -0.1) is 0 Å². The maximum absolute atomic E-state index is 11.9. The van der Waals surface area contributed by atoms with Crippen LogP contribution in [0.25, 0.3) is 0 Å². The maximum Gasteiger partial charge on any atom is 0.389 e. The van der Waals surface area contributed by atoms with Crippen molar-refractivity contribution in [3.8, 4) is 0 Å². The van der Waals surface area contributed by atoms with Crippen LogP contribution in [0.5, 0.6) is 0 Å². The zero-order valence-electron chi connectivity index (χ0n) is 10.9. The Hall–Kier alpha value is -2.14. The van der Waals surface area contributed by atoms with Crippen molar-refractivity contribution in [2.24, 2.45) is 5.73 Å². The molecule has 3 N–H and O–H groups in total. The van der Waals surface area contributed by atoms with Crippen LogP contribution in [-0.4, -0.2) is 11.8 Å². The molecule has 5 heteroatoms. The van der Waals surface area contributed by atoms with Crippen molar-refractivity contribution in [2.45, 2.75) is 6.92 Å². The van der Waals surface area contributed by atoms with Gasteiger partial charge in [-0.2, -0.15) is 0 Å². The first-order valence-electron chi connectivity index (χ1n) is 5.99. The van der Waals surface area contributed by atoms with Crippen molar-refractivity contribution in [1.29, 1.82) is 0 Å². The highest BCUT2D eigenvalue weighted by atomic mass is 79.9. The summed E-state index contributed by atoms with van der Waals surface area (Å²) < 4.78 is 0.668. The van der Waals surface area contributed by atoms with Gasteiger partial charge in [0.05, 0.1) is 11.1 Å². The third-order valence-corrected chi connectivity index (χ3v) is 3.37. The summed E-state index contributed by atoms with van der Waals surface area (Å²) in [6.07, 6.45) is 0. The van der Waals surface area contributed by atoms with Crippen molar-refractivity contribution in [2.75, 3.05) is 0 Å². The highest BCUT2D eigenvalue weighted by Gasteiger charge is 2.13. The summed E-state index contributed by atoms with van der Waals surface area (Å²) in [5.41, 5.74) is 8.11. The number of nitrogens with two attached hydrogens (primary N) is 1. The van der Waals surface area contributed by atoms with Gasteiger partial charge in [0, 0.05) is 4.47 Å². The van der Waals surface area contributed by atoms with Crippen LogP contribution in [0, 0.1) is 6.92 Å². The molecule has 0 fully saturated rings. The predicted octanol–water partition coefficient (Wildman–Crippen LogP) is 1.32. The molecule has 0 aliphatic heterocycles. The predicted molar refractivity (Wildman–Crippen MR) is 80.0 cm³/mol. The zero-order chi connectivity index (χ0) is 14.5. The van der Waals surface area contributed by atoms with Crippen LogP contribution in [0.3, 0.4) is 0 Å². The number of rotatable bonds is 3. The van der Waals surface area contributed by atoms with E-state index >= 15 is 0 Å². The topological polar surface area (TPSA) is 66.3 Å². The fourth-order valence-electron chi connectivity index (χ4n) is 1.65. The summed E-state index contributed by atoms with van der Waals surface area (Å²) in [6.45, 7) is 1.96. The Bertz CT molecular complexity index is 668. The molecule has 0 saturated carbocycles. The van der Waals surface area contributed by atoms with Crippen molar-refractivity contribution in [1.82, 2.24) is 0 Å². The van der Waals surface area contributed by atoms with E-state index in [-0.39, 0.29) is 5.84 Å². The van der Waals surface area contributed by atoms with E-state index in [0.717, 1.165) is 11.1 Å². The van der Waals surface area contributed by atoms with Crippen LogP contribution < -0.4 is 10.9 Å². The Morgan fingerprint density at radius 1 is 1.20 bits per heavy atom. The van der Waals surface area contributed by atoms with Crippen LogP contribution in [-0.2, 0) is 4.84 Å². The number of benzene rings is 2. The normalized spacial score (nSPS) is 11.2. The van der Waals surface area contributed by atoms with Crippen molar-refractivity contribution in [3.63, 3.8) is 0 Å². The highest BCUT2D eigenvalue weighted by molar-refractivity contribution is 9.10. The maximum atomic E-state index is 11.9. The van der Waals surface area contributed by atoms with E-state index in [4.69, 9.17) is 10.6 Å². The SMILES string of the molecule is Cc1cccc(C(N)=[NH+]OC(=O)c2ccccc2Br)c1. The Morgan fingerprint density at radius 2 is 1.95 bits per heavy atom. The third-order valence-electron chi connectivity index (χ3n) is 2.68. The van der Waals surface area contributed by atoms with E-state index < -0.39 is 5.97 Å². The molecule has 0 atom stereocenters. The number of hydrogen-bond acceptors (Lipinski definition) is 2. The summed E-state index contributed by atoms with van der Waals surface area (Å²) >= 11 is 3.29. The molecule has 0 unspecified atom stereocenters. The Morgan fingerprint density at radius 3 is 2.65 bits per heavy atom. The van der Waals surface area contributed by atoms with E-state index in [2.05, 4.69) is 21.1 Å². The minimum absolute atomic E-state index is 0.286. The summed E-state index contributed by atoms with van der Waals surface area (Å²) in [4.78, 5) is 16.9. The second-order valence-corrected chi connectivity index (χ2v) is 5.11. The molecule has 0 aromatic heterocycles. The van der Waals surface area contributed by atoms with Gasteiger partial charge >= 0.3 is 11.8 Å². The summed E-state index contributed by atoms with van der Waals surface area (Å²) in [5.74, 6) is -0.220. The number of hydrogen-bond donors (Lipinski definition) is 2. The van der Waals surface area contributed by atoms with Crippen LogP contribution >= 0.6 is 15.9 Å². The first-order chi connectivity index (χ1) is 9.58. The molecule has 0 aliphatic rings. The highest BCUT2D eigenvalue weighted by Crippen LogP contribution is 2.15. The minimum atomic E-state index is -0.506. The molecule has 2 rings (SSSR count). The fraction of sp³-hybridized carbons (Fsp3) is 0.0667. The second kappa shape index (κ2) is 6.34. The number of nitrogen functional groups attached to an aromatic ring is 1. The van der Waals surface area contributed by atoms with Crippen LogP contribution in [0.4, 0.5) is 0 Å². The summed E-state index contributed by atoms with van der Waals surface area (Å²) in [7, 11) is 0. The lowest BCUT2D eigenvalue weighted by Crippen LogP contribution is -2.75. The zero-order valence-corrected chi connectivity index (χ0v) is 12.5. The van der Waals surface area contributed by atoms with Crippen molar-refractivity contribution >= 4 is 27.7 Å². The van der Waals surface area contributed by atoms with Gasteiger partial charge in [-0.3, -0.25) is 10.6 Å². The molecule has 4 nitrogen and oxygen atoms in total. The molecule has 102 valence electrons. The molecule has 2 aromatic carbocycles. The third kappa shape index (κ3) is 3.45. The van der Waals surface area contributed by atoms with E-state index in [9.17, 15) is 4.79 Å². The molecule has 0 bridgehead atoms. The Balaban J connectivity index is 2.13. The average Bonchev–Trinajstić information content (AvgIpc) is 2.45. The number of nitrogens with one attached hydrogen (secondary N) is 1. The number of amidine groups is 1. The van der Waals surface area contributed by atoms with E-state index in [0.29, 0.717) is 10.0 Å². The summed E-state index contributed by atoms with van der Waals surface area (Å²) in [6, 6.07) is 14.6. The molecule has 0 heterocycles. The number of carbonyl (C=O) groups excluding carboxylic acids is 1. The molecular formula is C15H14BrN2O2+. The van der Waals surface area contributed by atoms with Gasteiger partial charge in [-0.1, -0.05) is 35.0 Å². The number of aryl methyl sites for hydroxylation is 1. The second-order valence-electron chi connectivity index (χ2n) is 4.25. The monoisotopic (exact) mass is 333 g/mol. The van der Waals surface area contributed by atoms with Gasteiger partial charge < -0.3 is 0 Å². The quantitative estimate of drug-likeness (QED) is 0.385. The van der Waals surface area contributed by atoms with Crippen LogP contribution in [0.1, 0.15) is 21.5 Å². The first kappa shape index (κ1) is 14.3. The van der Waals surface area contributed by atoms with Crippen molar-refractivity contribution in [3.05, 3.63) is 69.7 Å². The minimum Gasteiger partial charge on any atom is -0.284 e. The first-order valence-corrected chi connectivity index (χ1v) is 6.78. The Kier molecular flexibility index (Phi) is 4.53. The molecular weight excluding hydrogens is 320 g/mol. The molecule has 0 saturated heterocycles. The number of carbonyl (C=O) groups is 1. The Labute approximate surface area is 125 Å². The van der Waals surface area contributed by atoms with Gasteiger partial charge in [0.15, 0.2) is 0 Å². The van der Waals surface area contributed by atoms with Gasteiger partial charge in [0.1, 0.15) is 0 Å². The van der Waals surface area contributed by atoms with E-state index in [1.54, 1.807) is 18.2 Å². The molecule has 0 aliphatic carbocycles. The lowest BCUT2D eigenvalue weighted by Gasteiger charge is -2.00. The largest absolute Gasteiger partial charge is 0.389 e. The van der Waals surface area contributed by atoms with Gasteiger partial charge in [0.2, 0.25) is 0 Å². The fourth-order valence-corrected chi connectivity index (χ4v) is 2.10. The van der Waals surface area contributed by atoms with Crippen molar-refractivity contribution < 1.29 is 14.8 Å². The van der Waals surface area contributed by atoms with Gasteiger partial charge in [-0.25, -0.2) is 4.79 Å². The lowest BCUT2D eigenvalue weighted by atomic mass is 10.1. The number of halogens is 1. The smallest absolute Gasteiger partial charge is 0.284 e. The molecule has 20 heavy (non-hydrogen) atoms. The van der Waals surface area contributed by atoms with Crippen LogP contribution in [0.2, 0.25) is 0 Å². The molecule has 2 aromatic rings.